The van der Waals surface area contributed by atoms with Crippen LogP contribution < -0.4 is 5.32 Å². The Balaban J connectivity index is 0.000000133. The fraction of sp³-hybridized carbons (Fsp3) is 0.400. The summed E-state index contributed by atoms with van der Waals surface area (Å²) in [5.41, 5.74) is 0. The molecule has 10 heteroatoms. The van der Waals surface area contributed by atoms with Gasteiger partial charge in [0, 0.05) is 0 Å². The van der Waals surface area contributed by atoms with Gasteiger partial charge in [-0.15, -0.1) is 0 Å². The minimum Gasteiger partial charge on any atom is -0.317 e. The zero-order valence-corrected chi connectivity index (χ0v) is 11.0. The molecule has 4 N–H and O–H groups in total. The molecule has 0 atom stereocenters. The van der Waals surface area contributed by atoms with Crippen LogP contribution in [0.5, 0.6) is 0 Å². The molecule has 0 saturated carbocycles. The first-order chi connectivity index (χ1) is 10.0. The van der Waals surface area contributed by atoms with E-state index in [1.165, 1.54) is 51.2 Å². The zero-order valence-electron chi connectivity index (χ0n) is 11.0. The van der Waals surface area contributed by atoms with Crippen LogP contribution in [0.3, 0.4) is 0 Å². The molecule has 20 heavy (non-hydrogen) atoms. The summed E-state index contributed by atoms with van der Waals surface area (Å²) in [7, 11) is 0. The number of rotatable bonds is 0. The molecule has 4 rings (SSSR count). The monoisotopic (exact) mass is 278 g/mol. The minimum atomic E-state index is 1.25. The molecule has 0 spiro atoms. The molecule has 1 aliphatic heterocycles. The second kappa shape index (κ2) is 12.8. The highest BCUT2D eigenvalue weighted by atomic mass is 15.3. The van der Waals surface area contributed by atoms with Crippen LogP contribution in [0, 0.1) is 0 Å². The van der Waals surface area contributed by atoms with E-state index in [-0.39, 0.29) is 0 Å². The summed E-state index contributed by atoms with van der Waals surface area (Å²) < 4.78 is 0. The molecule has 3 aromatic heterocycles. The molecular weight excluding hydrogens is 260 g/mol. The van der Waals surface area contributed by atoms with Crippen LogP contribution in [-0.4, -0.2) is 58.9 Å². The Morgan fingerprint density at radius 1 is 0.700 bits per heavy atom. The van der Waals surface area contributed by atoms with Gasteiger partial charge in [-0.2, -0.15) is 25.6 Å². The van der Waals surface area contributed by atoms with E-state index in [0.717, 1.165) is 0 Å². The summed E-state index contributed by atoms with van der Waals surface area (Å²) in [6, 6.07) is 0. The molecule has 1 saturated heterocycles. The van der Waals surface area contributed by atoms with E-state index in [0.29, 0.717) is 0 Å². The van der Waals surface area contributed by atoms with Crippen molar-refractivity contribution < 1.29 is 0 Å². The molecule has 4 heterocycles. The van der Waals surface area contributed by atoms with E-state index in [4.69, 9.17) is 0 Å². The minimum absolute atomic E-state index is 1.25. The van der Waals surface area contributed by atoms with E-state index in [9.17, 15) is 0 Å². The van der Waals surface area contributed by atoms with Crippen LogP contribution >= 0.6 is 0 Å². The molecule has 0 unspecified atom stereocenters. The predicted octanol–water partition coefficient (Wildman–Crippen LogP) is -0.216. The fourth-order valence-electron chi connectivity index (χ4n) is 1.12. The Kier molecular flexibility index (Phi) is 9.90. The first-order valence-corrected chi connectivity index (χ1v) is 6.08. The highest BCUT2D eigenvalue weighted by Crippen LogP contribution is 1.90. The smallest absolute Gasteiger partial charge is 0.137 e. The van der Waals surface area contributed by atoms with Crippen molar-refractivity contribution in [3.05, 3.63) is 37.7 Å². The van der Waals surface area contributed by atoms with Crippen molar-refractivity contribution in [2.24, 2.45) is 0 Å². The molecule has 0 bridgehead atoms. The normalized spacial score (nSPS) is 12.0. The number of hydrogen-bond acceptors (Lipinski definition) is 7. The zero-order chi connectivity index (χ0) is 14.1. The van der Waals surface area contributed by atoms with Gasteiger partial charge in [0.1, 0.15) is 25.3 Å². The van der Waals surface area contributed by atoms with Gasteiger partial charge in [-0.3, -0.25) is 10.2 Å². The molecular formula is C10H18N10. The Morgan fingerprint density at radius 3 is 1.40 bits per heavy atom. The van der Waals surface area contributed by atoms with E-state index in [2.05, 4.69) is 51.1 Å². The average Bonchev–Trinajstić information content (AvgIpc) is 3.40. The fourth-order valence-corrected chi connectivity index (χ4v) is 1.12. The standard InChI is InChI=1S/C4H9N.3C2H3N3/c1-2-4-5-3-1;2*1-3-2-5-4-1;1-2-4-5-3-1/h5H,1-4H2;3*1-2H,(H,3,4,5). The third kappa shape index (κ3) is 10.5. The molecule has 1 aliphatic rings. The van der Waals surface area contributed by atoms with Crippen LogP contribution in [0.25, 0.3) is 0 Å². The van der Waals surface area contributed by atoms with Crippen molar-refractivity contribution in [2.75, 3.05) is 13.1 Å². The van der Waals surface area contributed by atoms with Crippen LogP contribution in [0.1, 0.15) is 12.8 Å². The predicted molar refractivity (Wildman–Crippen MR) is 71.3 cm³/mol. The molecule has 10 nitrogen and oxygen atoms in total. The van der Waals surface area contributed by atoms with Gasteiger partial charge in [0.25, 0.3) is 0 Å². The maximum absolute atomic E-state index is 3.56. The lowest BCUT2D eigenvalue weighted by molar-refractivity contribution is 0.857. The summed E-state index contributed by atoms with van der Waals surface area (Å²) in [5.74, 6) is 0. The van der Waals surface area contributed by atoms with Gasteiger partial charge in [-0.05, 0) is 25.9 Å². The second-order valence-electron chi connectivity index (χ2n) is 3.42. The molecule has 3 aromatic rings. The molecule has 0 aliphatic carbocycles. The van der Waals surface area contributed by atoms with Crippen LogP contribution in [0.15, 0.2) is 37.7 Å². The van der Waals surface area contributed by atoms with Gasteiger partial charge in [0.15, 0.2) is 0 Å². The molecule has 0 radical (unpaired) electrons. The van der Waals surface area contributed by atoms with Gasteiger partial charge in [0.05, 0.1) is 12.4 Å². The van der Waals surface area contributed by atoms with Crippen molar-refractivity contribution in [2.45, 2.75) is 12.8 Å². The number of H-pyrrole nitrogens is 3. The highest BCUT2D eigenvalue weighted by Gasteiger charge is 1.93. The van der Waals surface area contributed by atoms with E-state index < -0.39 is 0 Å². The summed E-state index contributed by atoms with van der Waals surface area (Å²) >= 11 is 0. The van der Waals surface area contributed by atoms with Crippen molar-refractivity contribution in [3.8, 4) is 0 Å². The Morgan fingerprint density at radius 2 is 1.25 bits per heavy atom. The highest BCUT2D eigenvalue weighted by molar-refractivity contribution is 4.55. The third-order valence-corrected chi connectivity index (χ3v) is 1.95. The van der Waals surface area contributed by atoms with Crippen molar-refractivity contribution in [1.82, 2.24) is 51.1 Å². The first-order valence-electron chi connectivity index (χ1n) is 6.08. The van der Waals surface area contributed by atoms with Crippen LogP contribution in [0.2, 0.25) is 0 Å². The Hall–Kier alpha value is -2.62. The number of hydrogen-bond donors (Lipinski definition) is 4. The lowest BCUT2D eigenvalue weighted by Gasteiger charge is -1.76. The lowest BCUT2D eigenvalue weighted by atomic mass is 10.4. The van der Waals surface area contributed by atoms with Gasteiger partial charge in [-0.25, -0.2) is 9.97 Å². The van der Waals surface area contributed by atoms with Crippen molar-refractivity contribution in [1.29, 1.82) is 0 Å². The third-order valence-electron chi connectivity index (χ3n) is 1.95. The maximum atomic E-state index is 3.56. The van der Waals surface area contributed by atoms with Crippen LogP contribution in [0.4, 0.5) is 0 Å². The van der Waals surface area contributed by atoms with Gasteiger partial charge < -0.3 is 5.32 Å². The van der Waals surface area contributed by atoms with E-state index in [1.807, 2.05) is 0 Å². The Bertz CT molecular complexity index is 309. The summed E-state index contributed by atoms with van der Waals surface area (Å²) in [5, 5.41) is 24.5. The van der Waals surface area contributed by atoms with Crippen LogP contribution in [-0.2, 0) is 0 Å². The first kappa shape index (κ1) is 15.4. The van der Waals surface area contributed by atoms with Crippen molar-refractivity contribution >= 4 is 0 Å². The number of aromatic nitrogens is 9. The van der Waals surface area contributed by atoms with Gasteiger partial charge >= 0.3 is 0 Å². The summed E-state index contributed by atoms with van der Waals surface area (Å²) in [4.78, 5) is 7.11. The largest absolute Gasteiger partial charge is 0.317 e. The molecule has 1 fully saturated rings. The summed E-state index contributed by atoms with van der Waals surface area (Å²) in [6.45, 7) is 2.50. The van der Waals surface area contributed by atoms with Gasteiger partial charge in [-0.1, -0.05) is 0 Å². The number of nitrogens with zero attached hydrogens (tertiary/aromatic N) is 6. The maximum Gasteiger partial charge on any atom is 0.137 e. The lowest BCUT2D eigenvalue weighted by Crippen LogP contribution is -2.03. The number of aromatic amines is 3. The average molecular weight is 278 g/mol. The molecule has 0 aromatic carbocycles. The molecule has 0 amide bonds. The SMILES string of the molecule is C1CCNC1.c1cn[nH]n1.c1nc[nH]n1.c1nc[nH]n1. The molecule has 108 valence electrons. The quantitative estimate of drug-likeness (QED) is 0.446. The van der Waals surface area contributed by atoms with E-state index in [1.54, 1.807) is 12.4 Å². The van der Waals surface area contributed by atoms with Crippen molar-refractivity contribution in [3.63, 3.8) is 0 Å². The van der Waals surface area contributed by atoms with Gasteiger partial charge in [0.2, 0.25) is 0 Å². The summed E-state index contributed by atoms with van der Waals surface area (Å²) in [6.07, 6.45) is 11.9. The second-order valence-corrected chi connectivity index (χ2v) is 3.42. The van der Waals surface area contributed by atoms with E-state index >= 15 is 0 Å². The topological polar surface area (TPSA) is 137 Å². The Labute approximate surface area is 115 Å². The number of nitrogens with one attached hydrogen (secondary N) is 4.